The van der Waals surface area contributed by atoms with Gasteiger partial charge in [-0.1, -0.05) is 17.8 Å². The van der Waals surface area contributed by atoms with Gasteiger partial charge in [-0.25, -0.2) is 0 Å². The third-order valence-electron chi connectivity index (χ3n) is 4.69. The largest absolute Gasteiger partial charge is 0.467 e. The molecule has 7 nitrogen and oxygen atoms in total. The van der Waals surface area contributed by atoms with Crippen LogP contribution in [0.15, 0.2) is 70.7 Å². The Labute approximate surface area is 178 Å². The average Bonchev–Trinajstić information content (AvgIpc) is 3.43. The highest BCUT2D eigenvalue weighted by Crippen LogP contribution is 2.28. The summed E-state index contributed by atoms with van der Waals surface area (Å²) in [6.45, 7) is 4.51. The normalized spacial score (nSPS) is 10.9. The Kier molecular flexibility index (Phi) is 5.94. The van der Waals surface area contributed by atoms with Crippen molar-refractivity contribution in [1.82, 2.24) is 25.1 Å². The first kappa shape index (κ1) is 19.9. The lowest BCUT2D eigenvalue weighted by Gasteiger charge is -2.12. The average molecular weight is 420 g/mol. The van der Waals surface area contributed by atoms with Gasteiger partial charge in [0.1, 0.15) is 5.76 Å². The second kappa shape index (κ2) is 8.96. The highest BCUT2D eigenvalue weighted by atomic mass is 32.2. The predicted octanol–water partition coefficient (Wildman–Crippen LogP) is 3.95. The van der Waals surface area contributed by atoms with E-state index in [9.17, 15) is 4.79 Å². The van der Waals surface area contributed by atoms with Crippen LogP contribution in [0, 0.1) is 13.8 Å². The first-order valence-electron chi connectivity index (χ1n) is 9.47. The third kappa shape index (κ3) is 4.44. The summed E-state index contributed by atoms with van der Waals surface area (Å²) in [5, 5.41) is 12.3. The summed E-state index contributed by atoms with van der Waals surface area (Å²) in [5.74, 6) is 1.54. The van der Waals surface area contributed by atoms with Crippen molar-refractivity contribution in [3.8, 4) is 17.1 Å². The molecule has 30 heavy (non-hydrogen) atoms. The molecular weight excluding hydrogens is 398 g/mol. The maximum absolute atomic E-state index is 12.3. The van der Waals surface area contributed by atoms with E-state index in [1.54, 1.807) is 24.7 Å². The summed E-state index contributed by atoms with van der Waals surface area (Å²) in [4.78, 5) is 16.4. The highest BCUT2D eigenvalue weighted by molar-refractivity contribution is 7.99. The maximum atomic E-state index is 12.3. The maximum Gasteiger partial charge on any atom is 0.230 e. The molecule has 0 spiro atoms. The van der Waals surface area contributed by atoms with E-state index in [-0.39, 0.29) is 11.7 Å². The fourth-order valence-electron chi connectivity index (χ4n) is 2.93. The summed E-state index contributed by atoms with van der Waals surface area (Å²) < 4.78 is 7.22. The molecule has 1 N–H and O–H groups in total. The number of pyridine rings is 1. The second-order valence-electron chi connectivity index (χ2n) is 6.79. The summed E-state index contributed by atoms with van der Waals surface area (Å²) in [5.41, 5.74) is 4.25. The molecule has 0 bridgehead atoms. The fraction of sp³-hybridized carbons (Fsp3) is 0.182. The molecule has 1 amide bonds. The van der Waals surface area contributed by atoms with Crippen molar-refractivity contribution in [2.45, 2.75) is 25.5 Å². The van der Waals surface area contributed by atoms with Crippen LogP contribution in [0.1, 0.15) is 16.9 Å². The molecule has 0 saturated carbocycles. The van der Waals surface area contributed by atoms with Gasteiger partial charge in [0.25, 0.3) is 0 Å². The quantitative estimate of drug-likeness (QED) is 0.457. The molecule has 0 atom stereocenters. The lowest BCUT2D eigenvalue weighted by Crippen LogP contribution is -2.24. The van der Waals surface area contributed by atoms with Crippen LogP contribution in [-0.2, 0) is 11.3 Å². The molecular formula is C22H21N5O2S. The van der Waals surface area contributed by atoms with Gasteiger partial charge < -0.3 is 9.73 Å². The van der Waals surface area contributed by atoms with Gasteiger partial charge in [-0.15, -0.1) is 10.2 Å². The number of carbonyl (C=O) groups is 1. The molecule has 0 aliphatic rings. The molecule has 1 aromatic carbocycles. The van der Waals surface area contributed by atoms with Gasteiger partial charge in [-0.3, -0.25) is 14.3 Å². The van der Waals surface area contributed by atoms with Gasteiger partial charge in [0, 0.05) is 18.0 Å². The monoisotopic (exact) mass is 419 g/mol. The van der Waals surface area contributed by atoms with Gasteiger partial charge in [-0.2, -0.15) is 0 Å². The minimum Gasteiger partial charge on any atom is -0.467 e. The van der Waals surface area contributed by atoms with Gasteiger partial charge in [0.15, 0.2) is 11.0 Å². The minimum absolute atomic E-state index is 0.100. The zero-order chi connectivity index (χ0) is 20.9. The molecule has 0 aliphatic heterocycles. The Bertz CT molecular complexity index is 1140. The second-order valence-corrected chi connectivity index (χ2v) is 7.73. The molecule has 8 heteroatoms. The Morgan fingerprint density at radius 3 is 2.67 bits per heavy atom. The van der Waals surface area contributed by atoms with Crippen LogP contribution < -0.4 is 5.32 Å². The van der Waals surface area contributed by atoms with Crippen molar-refractivity contribution >= 4 is 17.7 Å². The van der Waals surface area contributed by atoms with Gasteiger partial charge in [0.05, 0.1) is 24.2 Å². The van der Waals surface area contributed by atoms with E-state index in [1.807, 2.05) is 28.8 Å². The number of amides is 1. The Balaban J connectivity index is 1.58. The van der Waals surface area contributed by atoms with Gasteiger partial charge >= 0.3 is 0 Å². The number of nitrogens with one attached hydrogen (secondary N) is 1. The number of aromatic nitrogens is 4. The number of nitrogens with zero attached hydrogens (tertiary/aromatic N) is 4. The first-order chi connectivity index (χ1) is 14.6. The lowest BCUT2D eigenvalue weighted by molar-refractivity contribution is -0.118. The SMILES string of the molecule is Cc1ccc(-n2c(SCC(=O)NCc3ccco3)nnc2-c2ccncc2)cc1C. The summed E-state index contributed by atoms with van der Waals surface area (Å²) >= 11 is 1.34. The van der Waals surface area contributed by atoms with Crippen LogP contribution in [0.25, 0.3) is 17.1 Å². The number of hydrogen-bond acceptors (Lipinski definition) is 6. The minimum atomic E-state index is -0.100. The number of thioether (sulfide) groups is 1. The molecule has 0 aliphatic carbocycles. The summed E-state index contributed by atoms with van der Waals surface area (Å²) in [7, 11) is 0. The molecule has 3 heterocycles. The number of rotatable bonds is 7. The van der Waals surface area contributed by atoms with Crippen LogP contribution in [0.3, 0.4) is 0 Å². The Morgan fingerprint density at radius 2 is 1.93 bits per heavy atom. The van der Waals surface area contributed by atoms with E-state index in [4.69, 9.17) is 4.42 Å². The van der Waals surface area contributed by atoms with Crippen LogP contribution in [0.2, 0.25) is 0 Å². The molecule has 4 rings (SSSR count). The third-order valence-corrected chi connectivity index (χ3v) is 5.62. The molecule has 0 radical (unpaired) electrons. The van der Waals surface area contributed by atoms with E-state index in [0.29, 0.717) is 23.3 Å². The molecule has 152 valence electrons. The number of carbonyl (C=O) groups excluding carboxylic acids is 1. The smallest absolute Gasteiger partial charge is 0.230 e. The predicted molar refractivity (Wildman–Crippen MR) is 115 cm³/mol. The van der Waals surface area contributed by atoms with Crippen molar-refractivity contribution < 1.29 is 9.21 Å². The molecule has 0 unspecified atom stereocenters. The molecule has 3 aromatic heterocycles. The van der Waals surface area contributed by atoms with Crippen molar-refractivity contribution in [2.75, 3.05) is 5.75 Å². The highest BCUT2D eigenvalue weighted by Gasteiger charge is 2.17. The summed E-state index contributed by atoms with van der Waals surface area (Å²) in [6.07, 6.45) is 5.04. The Hall–Kier alpha value is -3.39. The van der Waals surface area contributed by atoms with E-state index in [1.165, 1.54) is 22.9 Å². The number of hydrogen-bond donors (Lipinski definition) is 1. The first-order valence-corrected chi connectivity index (χ1v) is 10.5. The van der Waals surface area contributed by atoms with E-state index in [0.717, 1.165) is 11.3 Å². The molecule has 0 fully saturated rings. The number of benzene rings is 1. The van der Waals surface area contributed by atoms with Gasteiger partial charge in [-0.05, 0) is 61.4 Å². The number of aryl methyl sites for hydroxylation is 2. The molecule has 4 aromatic rings. The van der Waals surface area contributed by atoms with Crippen molar-refractivity contribution in [3.63, 3.8) is 0 Å². The topological polar surface area (TPSA) is 85.8 Å². The van der Waals surface area contributed by atoms with E-state index < -0.39 is 0 Å². The van der Waals surface area contributed by atoms with Crippen LogP contribution in [0.5, 0.6) is 0 Å². The molecule has 0 saturated heterocycles. The fourth-order valence-corrected chi connectivity index (χ4v) is 3.71. The van der Waals surface area contributed by atoms with Crippen molar-refractivity contribution in [3.05, 3.63) is 78.0 Å². The number of furan rings is 1. The van der Waals surface area contributed by atoms with Crippen LogP contribution in [-0.4, -0.2) is 31.4 Å². The van der Waals surface area contributed by atoms with Gasteiger partial charge in [0.2, 0.25) is 5.91 Å². The van der Waals surface area contributed by atoms with Crippen molar-refractivity contribution in [1.29, 1.82) is 0 Å². The van der Waals surface area contributed by atoms with Crippen molar-refractivity contribution in [2.24, 2.45) is 0 Å². The Morgan fingerprint density at radius 1 is 1.10 bits per heavy atom. The van der Waals surface area contributed by atoms with E-state index >= 15 is 0 Å². The standard InChI is InChI=1S/C22H21N5O2S/c1-15-5-6-18(12-16(15)2)27-21(17-7-9-23-10-8-17)25-26-22(27)30-14-20(28)24-13-19-4-3-11-29-19/h3-12H,13-14H2,1-2H3,(H,24,28). The lowest BCUT2D eigenvalue weighted by atomic mass is 10.1. The van der Waals surface area contributed by atoms with E-state index in [2.05, 4.69) is 46.5 Å². The van der Waals surface area contributed by atoms with Crippen LogP contribution >= 0.6 is 11.8 Å². The zero-order valence-electron chi connectivity index (χ0n) is 16.7. The zero-order valence-corrected chi connectivity index (χ0v) is 17.5. The summed E-state index contributed by atoms with van der Waals surface area (Å²) in [6, 6.07) is 13.6. The van der Waals surface area contributed by atoms with Crippen LogP contribution in [0.4, 0.5) is 0 Å².